The van der Waals surface area contributed by atoms with E-state index < -0.39 is 28.1 Å². The summed E-state index contributed by atoms with van der Waals surface area (Å²) < 4.78 is 26.0. The van der Waals surface area contributed by atoms with E-state index in [1.54, 1.807) is 0 Å². The Bertz CT molecular complexity index is 541. The molecule has 100 valence electrons. The van der Waals surface area contributed by atoms with Gasteiger partial charge < -0.3 is 10.2 Å². The van der Waals surface area contributed by atoms with E-state index in [0.29, 0.717) is 4.47 Å². The Balaban J connectivity index is 2.84. The Labute approximate surface area is 112 Å². The summed E-state index contributed by atoms with van der Waals surface area (Å²) in [7, 11) is -3.95. The number of aliphatic carboxylic acids is 1. The number of hydrogen-bond acceptors (Lipinski definition) is 5. The second-order valence-electron chi connectivity index (χ2n) is 3.72. The second-order valence-corrected chi connectivity index (χ2v) is 6.35. The molecule has 1 aromatic rings. The average Bonchev–Trinajstić information content (AvgIpc) is 2.27. The Morgan fingerprint density at radius 3 is 2.61 bits per heavy atom. The van der Waals surface area contributed by atoms with Crippen LogP contribution in [0.5, 0.6) is 0 Å². The zero-order valence-electron chi connectivity index (χ0n) is 9.29. The highest BCUT2D eigenvalue weighted by Gasteiger charge is 2.32. The molecule has 0 aliphatic carbocycles. The minimum Gasteiger partial charge on any atom is -0.479 e. The molecule has 0 fully saturated rings. The summed E-state index contributed by atoms with van der Waals surface area (Å²) >= 11 is 3.11. The SMILES string of the molecule is CC(O)(CNS(=O)(=O)c1ccc(Br)cn1)C(=O)O. The standard InChI is InChI=1S/C9H11BrN2O5S/c1-9(15,8(13)14)5-12-18(16,17)7-3-2-6(10)4-11-7/h2-4,12,15H,5H2,1H3,(H,13,14). The van der Waals surface area contributed by atoms with E-state index in [1.165, 1.54) is 18.3 Å². The van der Waals surface area contributed by atoms with Gasteiger partial charge in [0.1, 0.15) is 0 Å². The van der Waals surface area contributed by atoms with Crippen LogP contribution in [0.2, 0.25) is 0 Å². The molecule has 0 aromatic carbocycles. The van der Waals surface area contributed by atoms with Gasteiger partial charge in [-0.05, 0) is 35.0 Å². The highest BCUT2D eigenvalue weighted by Crippen LogP contribution is 2.11. The first-order chi connectivity index (χ1) is 8.15. The van der Waals surface area contributed by atoms with Crippen molar-refractivity contribution in [3.8, 4) is 0 Å². The maximum atomic E-state index is 11.7. The van der Waals surface area contributed by atoms with Gasteiger partial charge in [0.25, 0.3) is 10.0 Å². The normalized spacial score (nSPS) is 15.1. The molecule has 18 heavy (non-hydrogen) atoms. The Kier molecular flexibility index (Phi) is 4.43. The van der Waals surface area contributed by atoms with E-state index >= 15 is 0 Å². The molecule has 0 bridgehead atoms. The summed E-state index contributed by atoms with van der Waals surface area (Å²) in [5.41, 5.74) is -2.18. The van der Waals surface area contributed by atoms with Crippen LogP contribution >= 0.6 is 15.9 Å². The molecule has 9 heteroatoms. The first kappa shape index (κ1) is 15.0. The van der Waals surface area contributed by atoms with Gasteiger partial charge in [0, 0.05) is 10.7 Å². The van der Waals surface area contributed by atoms with Crippen LogP contribution in [0.3, 0.4) is 0 Å². The number of sulfonamides is 1. The fourth-order valence-electron chi connectivity index (χ4n) is 0.906. The van der Waals surface area contributed by atoms with E-state index in [1.807, 2.05) is 4.72 Å². The van der Waals surface area contributed by atoms with Gasteiger partial charge in [0.2, 0.25) is 0 Å². The van der Waals surface area contributed by atoms with Gasteiger partial charge in [0.15, 0.2) is 10.6 Å². The lowest BCUT2D eigenvalue weighted by atomic mass is 10.1. The van der Waals surface area contributed by atoms with Crippen LogP contribution in [0.4, 0.5) is 0 Å². The van der Waals surface area contributed by atoms with E-state index in [0.717, 1.165) is 6.92 Å². The van der Waals surface area contributed by atoms with E-state index in [2.05, 4.69) is 20.9 Å². The smallest absolute Gasteiger partial charge is 0.336 e. The number of carbonyl (C=O) groups is 1. The van der Waals surface area contributed by atoms with Crippen molar-refractivity contribution in [3.63, 3.8) is 0 Å². The van der Waals surface area contributed by atoms with Gasteiger partial charge in [-0.1, -0.05) is 0 Å². The van der Waals surface area contributed by atoms with Crippen molar-refractivity contribution < 1.29 is 23.4 Å². The predicted molar refractivity (Wildman–Crippen MR) is 65.4 cm³/mol. The number of nitrogens with one attached hydrogen (secondary N) is 1. The first-order valence-electron chi connectivity index (χ1n) is 4.72. The summed E-state index contributed by atoms with van der Waals surface area (Å²) in [6.45, 7) is 0.343. The van der Waals surface area contributed by atoms with Crippen molar-refractivity contribution in [3.05, 3.63) is 22.8 Å². The van der Waals surface area contributed by atoms with Gasteiger partial charge in [-0.2, -0.15) is 0 Å². The van der Waals surface area contributed by atoms with Crippen LogP contribution in [-0.4, -0.2) is 41.7 Å². The number of pyridine rings is 1. The lowest BCUT2D eigenvalue weighted by molar-refractivity contribution is -0.155. The molecule has 0 saturated heterocycles. The van der Waals surface area contributed by atoms with Gasteiger partial charge >= 0.3 is 5.97 Å². The molecule has 1 aromatic heterocycles. The molecular formula is C9H11BrN2O5S. The third kappa shape index (κ3) is 3.73. The number of aromatic nitrogens is 1. The van der Waals surface area contributed by atoms with Crippen LogP contribution in [0.1, 0.15) is 6.92 Å². The molecule has 0 radical (unpaired) electrons. The number of carboxylic acids is 1. The molecule has 0 amide bonds. The minimum absolute atomic E-state index is 0.258. The van der Waals surface area contributed by atoms with Gasteiger partial charge in [-0.3, -0.25) is 0 Å². The van der Waals surface area contributed by atoms with Crippen LogP contribution in [-0.2, 0) is 14.8 Å². The number of hydrogen-bond donors (Lipinski definition) is 3. The predicted octanol–water partition coefficient (Wildman–Crippen LogP) is -0.0420. The molecule has 0 aliphatic heterocycles. The molecule has 7 nitrogen and oxygen atoms in total. The van der Waals surface area contributed by atoms with Crippen molar-refractivity contribution in [1.29, 1.82) is 0 Å². The topological polar surface area (TPSA) is 117 Å². The van der Waals surface area contributed by atoms with Gasteiger partial charge in [-0.15, -0.1) is 0 Å². The monoisotopic (exact) mass is 338 g/mol. The second kappa shape index (κ2) is 5.31. The molecule has 1 unspecified atom stereocenters. The minimum atomic E-state index is -3.95. The fraction of sp³-hybridized carbons (Fsp3) is 0.333. The third-order valence-corrected chi connectivity index (χ3v) is 3.83. The molecular weight excluding hydrogens is 328 g/mol. The largest absolute Gasteiger partial charge is 0.479 e. The molecule has 1 rings (SSSR count). The Morgan fingerprint density at radius 2 is 2.17 bits per heavy atom. The molecule has 0 aliphatic rings. The van der Waals surface area contributed by atoms with Crippen molar-refractivity contribution in [1.82, 2.24) is 9.71 Å². The summed E-state index contributed by atoms with van der Waals surface area (Å²) in [6, 6.07) is 2.73. The lowest BCUT2D eigenvalue weighted by Gasteiger charge is -2.18. The zero-order chi connectivity index (χ0) is 14.0. The van der Waals surface area contributed by atoms with Gasteiger partial charge in [-0.25, -0.2) is 22.9 Å². The van der Waals surface area contributed by atoms with Gasteiger partial charge in [0.05, 0.1) is 6.54 Å². The highest BCUT2D eigenvalue weighted by atomic mass is 79.9. The Morgan fingerprint density at radius 1 is 1.56 bits per heavy atom. The number of aliphatic hydroxyl groups is 1. The maximum Gasteiger partial charge on any atom is 0.336 e. The summed E-state index contributed by atoms with van der Waals surface area (Å²) in [5.74, 6) is -1.52. The average molecular weight is 339 g/mol. The van der Waals surface area contributed by atoms with Crippen molar-refractivity contribution >= 4 is 31.9 Å². The van der Waals surface area contributed by atoms with Crippen LogP contribution < -0.4 is 4.72 Å². The number of nitrogens with zero attached hydrogens (tertiary/aromatic N) is 1. The van der Waals surface area contributed by atoms with Crippen molar-refractivity contribution in [2.24, 2.45) is 0 Å². The number of carboxylic acid groups (broad SMARTS) is 1. The van der Waals surface area contributed by atoms with Crippen molar-refractivity contribution in [2.75, 3.05) is 6.54 Å². The molecule has 1 heterocycles. The van der Waals surface area contributed by atoms with Crippen LogP contribution in [0.25, 0.3) is 0 Å². The number of rotatable bonds is 5. The number of halogens is 1. The van der Waals surface area contributed by atoms with E-state index in [4.69, 9.17) is 5.11 Å². The lowest BCUT2D eigenvalue weighted by Crippen LogP contribution is -2.46. The molecule has 1 atom stereocenters. The summed E-state index contributed by atoms with van der Waals surface area (Å²) in [4.78, 5) is 14.3. The Hall–Kier alpha value is -1.03. The van der Waals surface area contributed by atoms with Crippen LogP contribution in [0, 0.1) is 0 Å². The van der Waals surface area contributed by atoms with E-state index in [9.17, 15) is 18.3 Å². The quantitative estimate of drug-likeness (QED) is 0.693. The molecule has 0 saturated carbocycles. The first-order valence-corrected chi connectivity index (χ1v) is 7.00. The van der Waals surface area contributed by atoms with Crippen molar-refractivity contribution in [2.45, 2.75) is 17.6 Å². The molecule has 3 N–H and O–H groups in total. The summed E-state index contributed by atoms with van der Waals surface area (Å²) in [6.07, 6.45) is 1.30. The summed E-state index contributed by atoms with van der Waals surface area (Å²) in [5, 5.41) is 17.8. The molecule has 0 spiro atoms. The highest BCUT2D eigenvalue weighted by molar-refractivity contribution is 9.10. The fourth-order valence-corrected chi connectivity index (χ4v) is 2.20. The van der Waals surface area contributed by atoms with E-state index in [-0.39, 0.29) is 5.03 Å². The maximum absolute atomic E-state index is 11.7. The zero-order valence-corrected chi connectivity index (χ0v) is 11.7. The third-order valence-electron chi connectivity index (χ3n) is 2.04. The van der Waals surface area contributed by atoms with Crippen LogP contribution in [0.15, 0.2) is 27.8 Å².